The molecule has 0 atom stereocenters. The lowest BCUT2D eigenvalue weighted by molar-refractivity contribution is -0.229. The second-order valence-corrected chi connectivity index (χ2v) is 3.72. The molecule has 1 saturated carbocycles. The van der Waals surface area contributed by atoms with Crippen molar-refractivity contribution >= 4 is 5.91 Å². The number of nitrogens with one attached hydrogen (secondary N) is 1. The van der Waals surface area contributed by atoms with Crippen LogP contribution in [0.5, 0.6) is 0 Å². The van der Waals surface area contributed by atoms with E-state index in [2.05, 4.69) is 5.32 Å². The molecular formula is C9H14F3NO. The van der Waals surface area contributed by atoms with E-state index < -0.39 is 17.5 Å². The van der Waals surface area contributed by atoms with Crippen molar-refractivity contribution in [3.05, 3.63) is 0 Å². The van der Waals surface area contributed by atoms with E-state index in [0.717, 1.165) is 6.42 Å². The van der Waals surface area contributed by atoms with Crippen LogP contribution in [0.15, 0.2) is 0 Å². The smallest absolute Gasteiger partial charge is 0.358 e. The molecule has 5 heteroatoms. The van der Waals surface area contributed by atoms with Crippen molar-refractivity contribution in [2.75, 3.05) is 7.05 Å². The van der Waals surface area contributed by atoms with Crippen LogP contribution in [-0.2, 0) is 4.79 Å². The number of amides is 1. The summed E-state index contributed by atoms with van der Waals surface area (Å²) < 4.78 is 38.3. The van der Waals surface area contributed by atoms with E-state index in [0.29, 0.717) is 12.8 Å². The Balaban J connectivity index is 2.94. The summed E-state index contributed by atoms with van der Waals surface area (Å²) in [6.45, 7) is 0. The lowest BCUT2D eigenvalue weighted by Crippen LogP contribution is -2.50. The fourth-order valence-electron chi connectivity index (χ4n) is 2.03. The normalized spacial score (nSPS) is 21.7. The molecule has 1 aliphatic carbocycles. The third kappa shape index (κ3) is 1.72. The molecule has 1 amide bonds. The fourth-order valence-corrected chi connectivity index (χ4v) is 2.03. The summed E-state index contributed by atoms with van der Waals surface area (Å²) in [6, 6.07) is 0. The molecule has 0 radical (unpaired) electrons. The molecule has 0 aliphatic heterocycles. The molecule has 0 bridgehead atoms. The van der Waals surface area contributed by atoms with Crippen LogP contribution in [0.25, 0.3) is 0 Å². The lowest BCUT2D eigenvalue weighted by atomic mass is 9.72. The Bertz CT molecular complexity index is 219. The number of hydrogen-bond acceptors (Lipinski definition) is 1. The Labute approximate surface area is 80.9 Å². The molecule has 82 valence electrons. The van der Waals surface area contributed by atoms with E-state index in [-0.39, 0.29) is 12.8 Å². The highest BCUT2D eigenvalue weighted by atomic mass is 19.4. The molecule has 2 nitrogen and oxygen atoms in total. The van der Waals surface area contributed by atoms with Crippen molar-refractivity contribution < 1.29 is 18.0 Å². The van der Waals surface area contributed by atoms with Crippen LogP contribution in [0.4, 0.5) is 13.2 Å². The van der Waals surface area contributed by atoms with Gasteiger partial charge in [-0.2, -0.15) is 13.2 Å². The molecule has 1 fully saturated rings. The molecule has 0 spiro atoms. The summed E-state index contributed by atoms with van der Waals surface area (Å²) in [5, 5.41) is 2.12. The summed E-state index contributed by atoms with van der Waals surface area (Å²) in [4.78, 5) is 11.3. The molecule has 0 aromatic rings. The van der Waals surface area contributed by atoms with Gasteiger partial charge in [-0.15, -0.1) is 0 Å². The summed E-state index contributed by atoms with van der Waals surface area (Å²) in [6.07, 6.45) is -2.82. The maximum Gasteiger partial charge on any atom is 0.403 e. The molecule has 0 unspecified atom stereocenters. The number of halogens is 3. The largest absolute Gasteiger partial charge is 0.403 e. The van der Waals surface area contributed by atoms with Crippen LogP contribution in [0.2, 0.25) is 0 Å². The molecule has 0 aromatic heterocycles. The van der Waals surface area contributed by atoms with Crippen LogP contribution in [0, 0.1) is 5.41 Å². The van der Waals surface area contributed by atoms with E-state index >= 15 is 0 Å². The Hall–Kier alpha value is -0.740. The average molecular weight is 209 g/mol. The molecule has 0 heterocycles. The van der Waals surface area contributed by atoms with E-state index in [1.165, 1.54) is 7.05 Å². The van der Waals surface area contributed by atoms with Crippen LogP contribution < -0.4 is 5.32 Å². The van der Waals surface area contributed by atoms with Crippen LogP contribution in [0.3, 0.4) is 0 Å². The van der Waals surface area contributed by atoms with Crippen LogP contribution in [-0.4, -0.2) is 19.1 Å². The molecule has 1 aliphatic rings. The third-order valence-electron chi connectivity index (χ3n) is 2.91. The minimum atomic E-state index is -4.42. The summed E-state index contributed by atoms with van der Waals surface area (Å²) in [7, 11) is 1.25. The van der Waals surface area contributed by atoms with Crippen molar-refractivity contribution in [2.24, 2.45) is 5.41 Å². The number of carbonyl (C=O) groups excluding carboxylic acids is 1. The van der Waals surface area contributed by atoms with Gasteiger partial charge in [0.15, 0.2) is 0 Å². The zero-order valence-corrected chi connectivity index (χ0v) is 8.08. The predicted molar refractivity (Wildman–Crippen MR) is 45.6 cm³/mol. The van der Waals surface area contributed by atoms with Gasteiger partial charge in [-0.05, 0) is 12.8 Å². The van der Waals surface area contributed by atoms with Crippen molar-refractivity contribution in [1.82, 2.24) is 5.32 Å². The van der Waals surface area contributed by atoms with Crippen molar-refractivity contribution in [2.45, 2.75) is 38.3 Å². The molecular weight excluding hydrogens is 195 g/mol. The van der Waals surface area contributed by atoms with Gasteiger partial charge in [-0.25, -0.2) is 0 Å². The number of hydrogen-bond donors (Lipinski definition) is 1. The standard InChI is InChI=1S/C9H14F3NO/c1-13-7(14)8(9(10,11)12)5-3-2-4-6-8/h2-6H2,1H3,(H,13,14). The Morgan fingerprint density at radius 1 is 1.21 bits per heavy atom. The van der Waals surface area contributed by atoms with E-state index in [9.17, 15) is 18.0 Å². The Kier molecular flexibility index (Phi) is 3.07. The maximum absolute atomic E-state index is 12.8. The molecule has 0 aromatic carbocycles. The second kappa shape index (κ2) is 3.79. The first-order valence-electron chi connectivity index (χ1n) is 4.73. The second-order valence-electron chi connectivity index (χ2n) is 3.72. The quantitative estimate of drug-likeness (QED) is 0.705. The number of rotatable bonds is 1. The number of carbonyl (C=O) groups is 1. The van der Waals surface area contributed by atoms with E-state index in [4.69, 9.17) is 0 Å². The van der Waals surface area contributed by atoms with Crippen molar-refractivity contribution in [3.8, 4) is 0 Å². The van der Waals surface area contributed by atoms with Gasteiger partial charge < -0.3 is 5.32 Å². The van der Waals surface area contributed by atoms with Gasteiger partial charge in [-0.1, -0.05) is 19.3 Å². The van der Waals surface area contributed by atoms with Gasteiger partial charge >= 0.3 is 6.18 Å². The van der Waals surface area contributed by atoms with Gasteiger partial charge in [0.05, 0.1) is 0 Å². The Morgan fingerprint density at radius 3 is 2.07 bits per heavy atom. The highest BCUT2D eigenvalue weighted by Crippen LogP contribution is 2.48. The number of alkyl halides is 3. The summed E-state index contributed by atoms with van der Waals surface area (Å²) in [5.41, 5.74) is -2.12. The van der Waals surface area contributed by atoms with Gasteiger partial charge in [0, 0.05) is 7.05 Å². The summed E-state index contributed by atoms with van der Waals surface area (Å²) in [5.74, 6) is -0.885. The van der Waals surface area contributed by atoms with Gasteiger partial charge in [0.2, 0.25) is 5.91 Å². The van der Waals surface area contributed by atoms with Crippen LogP contribution >= 0.6 is 0 Å². The van der Waals surface area contributed by atoms with E-state index in [1.54, 1.807) is 0 Å². The summed E-state index contributed by atoms with van der Waals surface area (Å²) >= 11 is 0. The van der Waals surface area contributed by atoms with Gasteiger partial charge in [0.1, 0.15) is 5.41 Å². The zero-order chi connectivity index (χ0) is 10.8. The minimum Gasteiger partial charge on any atom is -0.358 e. The molecule has 1 rings (SSSR count). The predicted octanol–water partition coefficient (Wildman–Crippen LogP) is 2.25. The molecule has 1 N–H and O–H groups in total. The van der Waals surface area contributed by atoms with Crippen LogP contribution in [0.1, 0.15) is 32.1 Å². The minimum absolute atomic E-state index is 0.0732. The topological polar surface area (TPSA) is 29.1 Å². The first kappa shape index (κ1) is 11.3. The average Bonchev–Trinajstić information content (AvgIpc) is 2.16. The Morgan fingerprint density at radius 2 is 1.71 bits per heavy atom. The van der Waals surface area contributed by atoms with Crippen molar-refractivity contribution in [3.63, 3.8) is 0 Å². The zero-order valence-electron chi connectivity index (χ0n) is 8.08. The highest BCUT2D eigenvalue weighted by molar-refractivity contribution is 5.83. The first-order chi connectivity index (χ1) is 6.44. The molecule has 0 saturated heterocycles. The lowest BCUT2D eigenvalue weighted by Gasteiger charge is -2.36. The third-order valence-corrected chi connectivity index (χ3v) is 2.91. The highest BCUT2D eigenvalue weighted by Gasteiger charge is 2.59. The first-order valence-corrected chi connectivity index (χ1v) is 4.73. The monoisotopic (exact) mass is 209 g/mol. The van der Waals surface area contributed by atoms with E-state index in [1.807, 2.05) is 0 Å². The maximum atomic E-state index is 12.8. The van der Waals surface area contributed by atoms with Gasteiger partial charge in [0.25, 0.3) is 0 Å². The van der Waals surface area contributed by atoms with Crippen molar-refractivity contribution in [1.29, 1.82) is 0 Å². The SMILES string of the molecule is CNC(=O)C1(C(F)(F)F)CCCCC1. The molecule has 14 heavy (non-hydrogen) atoms. The fraction of sp³-hybridized carbons (Fsp3) is 0.889. The van der Waals surface area contributed by atoms with Gasteiger partial charge in [-0.3, -0.25) is 4.79 Å².